The van der Waals surface area contributed by atoms with E-state index in [1.165, 1.54) is 20.8 Å². The topological polar surface area (TPSA) is 87.7 Å². The zero-order valence-corrected chi connectivity index (χ0v) is 15.9. The minimum atomic E-state index is -4.71. The maximum Gasteiger partial charge on any atom is 0.407 e. The number of aliphatic hydroxyl groups excluding tert-OH is 1. The Morgan fingerprint density at radius 1 is 1.19 bits per heavy atom. The predicted octanol–water partition coefficient (Wildman–Crippen LogP) is 3.45. The smallest absolute Gasteiger partial charge is 0.407 e. The van der Waals surface area contributed by atoms with Gasteiger partial charge in [-0.2, -0.15) is 13.2 Å². The summed E-state index contributed by atoms with van der Waals surface area (Å²) in [6, 6.07) is 3.16. The van der Waals surface area contributed by atoms with Crippen molar-refractivity contribution in [1.82, 2.24) is 5.32 Å². The van der Waals surface area contributed by atoms with Gasteiger partial charge >= 0.3 is 12.3 Å². The molecule has 6 nitrogen and oxygen atoms in total. The number of halogens is 3. The quantitative estimate of drug-likeness (QED) is 0.719. The number of aliphatic hydroxyl groups is 1. The Hall–Kier alpha value is -2.29. The first-order valence-corrected chi connectivity index (χ1v) is 8.30. The molecule has 1 aromatic carbocycles. The lowest BCUT2D eigenvalue weighted by molar-refractivity contribution is -0.149. The van der Waals surface area contributed by atoms with Gasteiger partial charge < -0.3 is 20.5 Å². The number of rotatable bonds is 5. The van der Waals surface area contributed by atoms with Crippen LogP contribution < -0.4 is 10.6 Å². The minimum Gasteiger partial charge on any atom is -0.444 e. The number of nitrogens with one attached hydrogen (secondary N) is 2. The molecule has 0 bridgehead atoms. The zero-order valence-electron chi connectivity index (χ0n) is 15.9. The van der Waals surface area contributed by atoms with Crippen molar-refractivity contribution in [2.24, 2.45) is 0 Å². The van der Waals surface area contributed by atoms with Crippen LogP contribution in [0.2, 0.25) is 0 Å². The van der Waals surface area contributed by atoms with Crippen LogP contribution >= 0.6 is 0 Å². The monoisotopic (exact) mass is 390 g/mol. The fourth-order valence-corrected chi connectivity index (χ4v) is 2.29. The highest BCUT2D eigenvalue weighted by molar-refractivity contribution is 5.95. The van der Waals surface area contributed by atoms with Crippen molar-refractivity contribution < 1.29 is 32.6 Å². The van der Waals surface area contributed by atoms with Gasteiger partial charge in [-0.1, -0.05) is 17.7 Å². The van der Waals surface area contributed by atoms with E-state index in [9.17, 15) is 27.9 Å². The molecular weight excluding hydrogens is 365 g/mol. The van der Waals surface area contributed by atoms with Crippen LogP contribution in [0.15, 0.2) is 18.2 Å². The van der Waals surface area contributed by atoms with Crippen LogP contribution in [0.3, 0.4) is 0 Å². The third-order valence-electron chi connectivity index (χ3n) is 3.44. The van der Waals surface area contributed by atoms with Gasteiger partial charge in [0, 0.05) is 5.69 Å². The van der Waals surface area contributed by atoms with E-state index in [2.05, 4.69) is 5.32 Å². The first-order valence-electron chi connectivity index (χ1n) is 8.30. The first kappa shape index (κ1) is 22.8. The van der Waals surface area contributed by atoms with E-state index in [0.29, 0.717) is 11.3 Å². The lowest BCUT2D eigenvalue weighted by Gasteiger charge is -2.27. The molecule has 0 aliphatic heterocycles. The summed E-state index contributed by atoms with van der Waals surface area (Å²) in [5.74, 6) is -1.06. The molecule has 0 radical (unpaired) electrons. The highest BCUT2D eigenvalue weighted by Gasteiger charge is 2.39. The minimum absolute atomic E-state index is 0.354. The van der Waals surface area contributed by atoms with E-state index in [1.807, 2.05) is 12.2 Å². The van der Waals surface area contributed by atoms with Crippen LogP contribution in [-0.2, 0) is 9.53 Å². The zero-order chi connectivity index (χ0) is 21.0. The van der Waals surface area contributed by atoms with E-state index in [1.54, 1.807) is 25.1 Å². The van der Waals surface area contributed by atoms with Gasteiger partial charge in [-0.15, -0.1) is 0 Å². The van der Waals surface area contributed by atoms with Crippen LogP contribution in [0.25, 0.3) is 0 Å². The second-order valence-corrected chi connectivity index (χ2v) is 7.32. The third kappa shape index (κ3) is 8.29. The molecule has 2 atom stereocenters. The fourth-order valence-electron chi connectivity index (χ4n) is 2.29. The van der Waals surface area contributed by atoms with Crippen molar-refractivity contribution >= 4 is 17.7 Å². The normalized spacial score (nSPS) is 14.3. The summed E-state index contributed by atoms with van der Waals surface area (Å²) in [5, 5.41) is 14.4. The van der Waals surface area contributed by atoms with E-state index in [4.69, 9.17) is 4.74 Å². The van der Waals surface area contributed by atoms with Gasteiger partial charge in [-0.25, -0.2) is 4.79 Å². The van der Waals surface area contributed by atoms with Crippen LogP contribution in [0, 0.1) is 13.8 Å². The first-order chi connectivity index (χ1) is 12.2. The second-order valence-electron chi connectivity index (χ2n) is 7.32. The lowest BCUT2D eigenvalue weighted by Crippen LogP contribution is -2.51. The van der Waals surface area contributed by atoms with Gasteiger partial charge in [0.25, 0.3) is 5.91 Å². The molecule has 27 heavy (non-hydrogen) atoms. The summed E-state index contributed by atoms with van der Waals surface area (Å²) < 4.78 is 43.4. The Balaban J connectivity index is 2.92. The molecule has 1 rings (SSSR count). The van der Waals surface area contributed by atoms with Crippen LogP contribution in [-0.4, -0.2) is 41.0 Å². The molecule has 1 aromatic rings. The van der Waals surface area contributed by atoms with Crippen LogP contribution in [0.1, 0.15) is 38.3 Å². The standard InChI is InChI=1S/C18H25F3N2O4/c1-10-6-7-12(11(2)8-10)22-15(25)14(24)13(9-18(19,20)21)23-16(26)27-17(3,4)5/h6-8,13-14,24H,9H2,1-5H3,(H,22,25)(H,23,26). The number of hydrogen-bond acceptors (Lipinski definition) is 4. The highest BCUT2D eigenvalue weighted by Crippen LogP contribution is 2.24. The molecular formula is C18H25F3N2O4. The highest BCUT2D eigenvalue weighted by atomic mass is 19.4. The Kier molecular flexibility index (Phi) is 7.25. The molecule has 0 fully saturated rings. The molecule has 0 aliphatic rings. The number of anilines is 1. The molecule has 0 saturated carbocycles. The van der Waals surface area contributed by atoms with Crippen LogP contribution in [0.5, 0.6) is 0 Å². The number of alkyl halides is 3. The summed E-state index contributed by atoms with van der Waals surface area (Å²) in [6.07, 6.45) is -9.58. The molecule has 2 amide bonds. The average molecular weight is 390 g/mol. The third-order valence-corrected chi connectivity index (χ3v) is 3.44. The Bertz CT molecular complexity index is 684. The number of alkyl carbamates (subject to hydrolysis) is 1. The van der Waals surface area contributed by atoms with Crippen molar-refractivity contribution in [2.45, 2.75) is 65.0 Å². The summed E-state index contributed by atoms with van der Waals surface area (Å²) in [4.78, 5) is 24.0. The van der Waals surface area contributed by atoms with E-state index < -0.39 is 42.3 Å². The number of hydrogen-bond donors (Lipinski definition) is 3. The molecule has 152 valence electrons. The second kappa shape index (κ2) is 8.60. The SMILES string of the molecule is Cc1ccc(NC(=O)C(O)C(CC(F)(F)F)NC(=O)OC(C)(C)C)c(C)c1. The van der Waals surface area contributed by atoms with Gasteiger partial charge in [-0.05, 0) is 46.2 Å². The summed E-state index contributed by atoms with van der Waals surface area (Å²) in [7, 11) is 0. The number of ether oxygens (including phenoxy) is 1. The van der Waals surface area contributed by atoms with Crippen molar-refractivity contribution in [3.05, 3.63) is 29.3 Å². The number of benzene rings is 1. The number of aryl methyl sites for hydroxylation is 2. The summed E-state index contributed by atoms with van der Waals surface area (Å²) in [5.41, 5.74) is 1.03. The fraction of sp³-hybridized carbons (Fsp3) is 0.556. The summed E-state index contributed by atoms with van der Waals surface area (Å²) >= 11 is 0. The van der Waals surface area contributed by atoms with Crippen molar-refractivity contribution in [1.29, 1.82) is 0 Å². The van der Waals surface area contributed by atoms with Crippen molar-refractivity contribution in [2.75, 3.05) is 5.32 Å². The van der Waals surface area contributed by atoms with Gasteiger partial charge in [0.15, 0.2) is 6.10 Å². The number of carbonyl (C=O) groups excluding carboxylic acids is 2. The molecule has 2 unspecified atom stereocenters. The predicted molar refractivity (Wildman–Crippen MR) is 94.4 cm³/mol. The number of amides is 2. The summed E-state index contributed by atoms with van der Waals surface area (Å²) in [6.45, 7) is 8.16. The molecule has 0 aromatic heterocycles. The Morgan fingerprint density at radius 2 is 1.78 bits per heavy atom. The van der Waals surface area contributed by atoms with Gasteiger partial charge in [0.05, 0.1) is 12.5 Å². The molecule has 0 aliphatic carbocycles. The molecule has 3 N–H and O–H groups in total. The van der Waals surface area contributed by atoms with Crippen molar-refractivity contribution in [3.63, 3.8) is 0 Å². The molecule has 9 heteroatoms. The maximum absolute atomic E-state index is 12.8. The van der Waals surface area contributed by atoms with Gasteiger partial charge in [0.1, 0.15) is 5.60 Å². The lowest BCUT2D eigenvalue weighted by atomic mass is 10.1. The molecule has 0 heterocycles. The van der Waals surface area contributed by atoms with E-state index in [0.717, 1.165) is 5.56 Å². The van der Waals surface area contributed by atoms with Gasteiger partial charge in [-0.3, -0.25) is 4.79 Å². The number of carbonyl (C=O) groups is 2. The average Bonchev–Trinajstić information content (AvgIpc) is 2.45. The van der Waals surface area contributed by atoms with Gasteiger partial charge in [0.2, 0.25) is 0 Å². The van der Waals surface area contributed by atoms with Crippen molar-refractivity contribution in [3.8, 4) is 0 Å². The van der Waals surface area contributed by atoms with E-state index in [-0.39, 0.29) is 0 Å². The Morgan fingerprint density at radius 3 is 2.26 bits per heavy atom. The maximum atomic E-state index is 12.8. The molecule has 0 saturated heterocycles. The van der Waals surface area contributed by atoms with E-state index >= 15 is 0 Å². The largest absolute Gasteiger partial charge is 0.444 e. The van der Waals surface area contributed by atoms with Crippen LogP contribution in [0.4, 0.5) is 23.7 Å². The molecule has 0 spiro atoms. The Labute approximate surface area is 156 Å².